The van der Waals surface area contributed by atoms with Gasteiger partial charge in [0.1, 0.15) is 17.0 Å². The van der Waals surface area contributed by atoms with Crippen LogP contribution in [0.15, 0.2) is 35.3 Å². The van der Waals surface area contributed by atoms with E-state index in [1.165, 1.54) is 13.2 Å². The average Bonchev–Trinajstić information content (AvgIpc) is 2.53. The molecule has 0 spiro atoms. The van der Waals surface area contributed by atoms with Crippen LogP contribution in [0.2, 0.25) is 0 Å². The number of aromatic amines is 1. The summed E-state index contributed by atoms with van der Waals surface area (Å²) in [5, 5.41) is 1.14. The van der Waals surface area contributed by atoms with Crippen molar-refractivity contribution in [1.82, 2.24) is 9.97 Å². The third-order valence-corrected chi connectivity index (χ3v) is 3.36. The molecule has 0 saturated heterocycles. The van der Waals surface area contributed by atoms with E-state index in [4.69, 9.17) is 9.47 Å². The molecular weight excluding hydrogens is 284 g/mol. The molecule has 6 heteroatoms. The van der Waals surface area contributed by atoms with Gasteiger partial charge in [-0.15, -0.1) is 0 Å². The number of methoxy groups -OCH3 is 1. The van der Waals surface area contributed by atoms with Gasteiger partial charge in [0, 0.05) is 23.7 Å². The highest BCUT2D eigenvalue weighted by Gasteiger charge is 2.15. The highest BCUT2D eigenvalue weighted by atomic mass is 16.5. The summed E-state index contributed by atoms with van der Waals surface area (Å²) >= 11 is 0. The molecule has 0 radical (unpaired) electrons. The Morgan fingerprint density at radius 1 is 1.36 bits per heavy atom. The van der Waals surface area contributed by atoms with E-state index < -0.39 is 5.97 Å². The number of ether oxygens (including phenoxy) is 2. The smallest absolute Gasteiger partial charge is 0.354 e. The first-order chi connectivity index (χ1) is 10.7. The number of benzene rings is 1. The summed E-state index contributed by atoms with van der Waals surface area (Å²) in [6.07, 6.45) is 1.64. The normalized spacial score (nSPS) is 10.8. The van der Waals surface area contributed by atoms with Crippen LogP contribution in [-0.4, -0.2) is 29.7 Å². The van der Waals surface area contributed by atoms with Crippen LogP contribution >= 0.6 is 0 Å². The van der Waals surface area contributed by atoms with Gasteiger partial charge in [-0.2, -0.15) is 0 Å². The van der Waals surface area contributed by atoms with Crippen LogP contribution < -0.4 is 10.2 Å². The van der Waals surface area contributed by atoms with Gasteiger partial charge in [-0.1, -0.05) is 6.07 Å². The van der Waals surface area contributed by atoms with Gasteiger partial charge in [0.05, 0.1) is 24.6 Å². The van der Waals surface area contributed by atoms with Crippen molar-refractivity contribution in [3.63, 3.8) is 0 Å². The number of H-pyrrole nitrogens is 1. The van der Waals surface area contributed by atoms with Crippen LogP contribution in [0.1, 0.15) is 17.4 Å². The Morgan fingerprint density at radius 2 is 2.18 bits per heavy atom. The first-order valence-electron chi connectivity index (χ1n) is 6.81. The molecule has 0 aliphatic heterocycles. The maximum absolute atomic E-state index is 12.4. The molecule has 0 saturated carbocycles. The second-order valence-corrected chi connectivity index (χ2v) is 4.67. The Morgan fingerprint density at radius 3 is 2.91 bits per heavy atom. The van der Waals surface area contributed by atoms with Crippen LogP contribution in [0.3, 0.4) is 0 Å². The van der Waals surface area contributed by atoms with Crippen LogP contribution in [0.4, 0.5) is 0 Å². The maximum atomic E-state index is 12.4. The van der Waals surface area contributed by atoms with Gasteiger partial charge in [0.25, 0.3) is 0 Å². The minimum atomic E-state index is -0.563. The van der Waals surface area contributed by atoms with Crippen LogP contribution in [0, 0.1) is 0 Å². The van der Waals surface area contributed by atoms with Crippen molar-refractivity contribution in [3.05, 3.63) is 46.4 Å². The number of hydrogen-bond acceptors (Lipinski definition) is 5. The molecule has 0 atom stereocenters. The Hall–Kier alpha value is -2.89. The van der Waals surface area contributed by atoms with Gasteiger partial charge in [-0.05, 0) is 13.0 Å². The lowest BCUT2D eigenvalue weighted by Gasteiger charge is -2.09. The Balaban J connectivity index is 2.38. The Bertz CT molecular complexity index is 930. The number of esters is 1. The third-order valence-electron chi connectivity index (χ3n) is 3.36. The van der Waals surface area contributed by atoms with Gasteiger partial charge >= 0.3 is 5.97 Å². The van der Waals surface area contributed by atoms with Crippen molar-refractivity contribution < 1.29 is 14.3 Å². The molecule has 0 fully saturated rings. The Kier molecular flexibility index (Phi) is 3.50. The van der Waals surface area contributed by atoms with Crippen molar-refractivity contribution in [2.45, 2.75) is 6.92 Å². The lowest BCUT2D eigenvalue weighted by molar-refractivity contribution is 0.0520. The summed E-state index contributed by atoms with van der Waals surface area (Å²) in [4.78, 5) is 31.4. The zero-order valence-corrected chi connectivity index (χ0v) is 12.2. The monoisotopic (exact) mass is 298 g/mol. The van der Waals surface area contributed by atoms with Crippen LogP contribution in [0.25, 0.3) is 21.8 Å². The summed E-state index contributed by atoms with van der Waals surface area (Å²) in [6, 6.07) is 6.46. The quantitative estimate of drug-likeness (QED) is 0.592. The van der Waals surface area contributed by atoms with E-state index in [1.54, 1.807) is 31.3 Å². The van der Waals surface area contributed by atoms with Crippen molar-refractivity contribution in [2.24, 2.45) is 0 Å². The molecule has 112 valence electrons. The molecule has 1 N–H and O–H groups in total. The third kappa shape index (κ3) is 2.18. The lowest BCUT2D eigenvalue weighted by Crippen LogP contribution is -2.13. The number of aromatic nitrogens is 2. The van der Waals surface area contributed by atoms with Crippen molar-refractivity contribution in [3.8, 4) is 5.75 Å². The number of fused-ring (bicyclic) bond motifs is 3. The number of carbonyl (C=O) groups excluding carboxylic acids is 1. The van der Waals surface area contributed by atoms with E-state index in [0.717, 1.165) is 0 Å². The summed E-state index contributed by atoms with van der Waals surface area (Å²) in [5.41, 5.74) is 0.960. The molecule has 0 aliphatic carbocycles. The molecule has 2 aromatic heterocycles. The molecule has 3 aromatic rings. The number of pyridine rings is 2. The molecule has 0 amide bonds. The standard InChI is InChI=1S/C16H14N2O4/c1-3-22-16(20)11-7-12(19)14-9-5-4-6-17-15(9)13(21-2)8-10(14)18-11/h4-8H,3H2,1-2H3,(H,18,19). The van der Waals surface area contributed by atoms with E-state index >= 15 is 0 Å². The van der Waals surface area contributed by atoms with Crippen molar-refractivity contribution in [1.29, 1.82) is 0 Å². The van der Waals surface area contributed by atoms with E-state index in [2.05, 4.69) is 9.97 Å². The highest BCUT2D eigenvalue weighted by Crippen LogP contribution is 2.29. The molecule has 2 heterocycles. The summed E-state index contributed by atoms with van der Waals surface area (Å²) in [5.74, 6) is -0.0356. The van der Waals surface area contributed by atoms with Crippen LogP contribution in [-0.2, 0) is 4.74 Å². The van der Waals surface area contributed by atoms with E-state index in [9.17, 15) is 9.59 Å². The van der Waals surface area contributed by atoms with Gasteiger partial charge in [-0.25, -0.2) is 4.79 Å². The van der Waals surface area contributed by atoms with Crippen molar-refractivity contribution in [2.75, 3.05) is 13.7 Å². The fraction of sp³-hybridized carbons (Fsp3) is 0.188. The highest BCUT2D eigenvalue weighted by molar-refractivity contribution is 6.08. The minimum Gasteiger partial charge on any atom is -0.494 e. The zero-order valence-electron chi connectivity index (χ0n) is 12.2. The second kappa shape index (κ2) is 5.48. The first kappa shape index (κ1) is 14.1. The van der Waals surface area contributed by atoms with Gasteiger partial charge in [0.15, 0.2) is 5.43 Å². The zero-order chi connectivity index (χ0) is 15.7. The number of hydrogen-bond donors (Lipinski definition) is 1. The minimum absolute atomic E-state index is 0.115. The molecule has 22 heavy (non-hydrogen) atoms. The average molecular weight is 298 g/mol. The first-order valence-corrected chi connectivity index (χ1v) is 6.81. The molecule has 1 aromatic carbocycles. The molecule has 3 rings (SSSR count). The van der Waals surface area contributed by atoms with Crippen LogP contribution in [0.5, 0.6) is 5.75 Å². The Labute approximate surface area is 125 Å². The van der Waals surface area contributed by atoms with Gasteiger partial charge < -0.3 is 14.5 Å². The summed E-state index contributed by atoms with van der Waals surface area (Å²) < 4.78 is 10.2. The lowest BCUT2D eigenvalue weighted by atomic mass is 10.1. The largest absolute Gasteiger partial charge is 0.494 e. The molecular formula is C16H14N2O4. The second-order valence-electron chi connectivity index (χ2n) is 4.67. The fourth-order valence-corrected chi connectivity index (χ4v) is 2.44. The molecule has 0 unspecified atom stereocenters. The SMILES string of the molecule is CCOC(=O)c1cc(=O)c2c(cc(OC)c3ncccc32)[nH]1. The summed E-state index contributed by atoms with van der Waals surface area (Å²) in [7, 11) is 1.53. The van der Waals surface area contributed by atoms with E-state index in [0.29, 0.717) is 27.6 Å². The maximum Gasteiger partial charge on any atom is 0.354 e. The predicted molar refractivity (Wildman–Crippen MR) is 82.4 cm³/mol. The number of rotatable bonds is 3. The van der Waals surface area contributed by atoms with Crippen molar-refractivity contribution >= 4 is 27.8 Å². The fourth-order valence-electron chi connectivity index (χ4n) is 2.44. The van der Waals surface area contributed by atoms with Gasteiger partial charge in [0.2, 0.25) is 0 Å². The molecule has 0 bridgehead atoms. The van der Waals surface area contributed by atoms with E-state index in [-0.39, 0.29) is 17.7 Å². The van der Waals surface area contributed by atoms with Gasteiger partial charge in [-0.3, -0.25) is 9.78 Å². The molecule has 0 aliphatic rings. The summed E-state index contributed by atoms with van der Waals surface area (Å²) in [6.45, 7) is 1.95. The topological polar surface area (TPSA) is 81.3 Å². The predicted octanol–water partition coefficient (Wildman–Crippen LogP) is 2.26. The number of nitrogens with one attached hydrogen (secondary N) is 1. The molecule has 6 nitrogen and oxygen atoms in total. The number of nitrogens with zero attached hydrogens (tertiary/aromatic N) is 1. The number of carbonyl (C=O) groups is 1. The van der Waals surface area contributed by atoms with E-state index in [1.807, 2.05) is 0 Å².